The van der Waals surface area contributed by atoms with E-state index in [0.29, 0.717) is 22.5 Å². The molecular formula is C18H15BrF3N5O2. The molecule has 29 heavy (non-hydrogen) atoms. The van der Waals surface area contributed by atoms with Crippen LogP contribution < -0.4 is 10.9 Å². The van der Waals surface area contributed by atoms with E-state index in [1.807, 2.05) is 13.8 Å². The number of hydrogen-bond acceptors (Lipinski definition) is 5. The highest BCUT2D eigenvalue weighted by Crippen LogP contribution is 2.27. The van der Waals surface area contributed by atoms with Gasteiger partial charge in [-0.3, -0.25) is 14.9 Å². The number of nitrogens with one attached hydrogen (secondary N) is 1. The first-order chi connectivity index (χ1) is 13.6. The van der Waals surface area contributed by atoms with E-state index < -0.39 is 35.8 Å². The molecule has 0 saturated heterocycles. The van der Waals surface area contributed by atoms with Gasteiger partial charge < -0.3 is 0 Å². The molecule has 0 radical (unpaired) electrons. The zero-order chi connectivity index (χ0) is 21.3. The molecule has 11 heteroatoms. The van der Waals surface area contributed by atoms with Gasteiger partial charge in [-0.1, -0.05) is 29.8 Å². The number of carbonyl (C=O) groups excluding carboxylic acids is 1. The van der Waals surface area contributed by atoms with Gasteiger partial charge in [-0.2, -0.15) is 18.3 Å². The average molecular weight is 470 g/mol. The minimum atomic E-state index is -4.67. The second-order valence-corrected chi connectivity index (χ2v) is 7.42. The smallest absolute Gasteiger partial charge is 0.293 e. The first-order valence-electron chi connectivity index (χ1n) is 8.46. The van der Waals surface area contributed by atoms with Crippen LogP contribution in [0.4, 0.5) is 19.1 Å². The average Bonchev–Trinajstić information content (AvgIpc) is 2.63. The first kappa shape index (κ1) is 20.9. The third kappa shape index (κ3) is 4.61. The number of alkyl halides is 3. The number of aromatic nitrogens is 4. The second kappa shape index (κ2) is 7.90. The SMILES string of the molecule is CC(C)c1nn(CC(=O)Nc2nccc(C(F)(F)F)n2)c(=O)c2ccc(Br)cc12. The maximum Gasteiger partial charge on any atom is 0.433 e. The molecule has 2 heterocycles. The fraction of sp³-hybridized carbons (Fsp3) is 0.278. The quantitative estimate of drug-likeness (QED) is 0.628. The summed E-state index contributed by atoms with van der Waals surface area (Å²) in [5.41, 5.74) is -1.06. The van der Waals surface area contributed by atoms with Crippen LogP contribution >= 0.6 is 15.9 Å². The highest BCUT2D eigenvalue weighted by atomic mass is 79.9. The fourth-order valence-electron chi connectivity index (χ4n) is 2.69. The zero-order valence-corrected chi connectivity index (χ0v) is 16.9. The van der Waals surface area contributed by atoms with Gasteiger partial charge in [0.15, 0.2) is 0 Å². The molecule has 0 unspecified atom stereocenters. The van der Waals surface area contributed by atoms with Gasteiger partial charge in [0, 0.05) is 16.1 Å². The molecule has 1 aromatic carbocycles. The number of carbonyl (C=O) groups is 1. The van der Waals surface area contributed by atoms with Gasteiger partial charge in [0.05, 0.1) is 11.1 Å². The minimum Gasteiger partial charge on any atom is -0.293 e. The van der Waals surface area contributed by atoms with Crippen molar-refractivity contribution in [3.8, 4) is 0 Å². The summed E-state index contributed by atoms with van der Waals surface area (Å²) in [6, 6.07) is 5.80. The molecule has 2 aromatic heterocycles. The number of halogens is 4. The van der Waals surface area contributed by atoms with Crippen molar-refractivity contribution < 1.29 is 18.0 Å². The Kier molecular flexibility index (Phi) is 5.69. The molecule has 7 nitrogen and oxygen atoms in total. The van der Waals surface area contributed by atoms with Gasteiger partial charge in [-0.15, -0.1) is 0 Å². The van der Waals surface area contributed by atoms with E-state index in [4.69, 9.17) is 0 Å². The molecule has 1 amide bonds. The Morgan fingerprint density at radius 1 is 1.24 bits per heavy atom. The molecular weight excluding hydrogens is 455 g/mol. The van der Waals surface area contributed by atoms with E-state index in [1.54, 1.807) is 18.2 Å². The van der Waals surface area contributed by atoms with Crippen LogP contribution in [0, 0.1) is 0 Å². The lowest BCUT2D eigenvalue weighted by molar-refractivity contribution is -0.141. The maximum atomic E-state index is 12.7. The minimum absolute atomic E-state index is 0.0338. The van der Waals surface area contributed by atoms with Gasteiger partial charge in [0.2, 0.25) is 11.9 Å². The zero-order valence-electron chi connectivity index (χ0n) is 15.3. The highest BCUT2D eigenvalue weighted by Gasteiger charge is 2.33. The van der Waals surface area contributed by atoms with Crippen molar-refractivity contribution in [2.45, 2.75) is 32.5 Å². The van der Waals surface area contributed by atoms with Crippen LogP contribution in [0.1, 0.15) is 31.2 Å². The number of anilines is 1. The Morgan fingerprint density at radius 2 is 1.97 bits per heavy atom. The number of rotatable bonds is 4. The standard InChI is InChI=1S/C18H15BrF3N5O2/c1-9(2)15-12-7-10(19)3-4-11(12)16(29)27(26-15)8-14(28)25-17-23-6-5-13(24-17)18(20,21)22/h3-7,9H,8H2,1-2H3,(H,23,24,25,28). The lowest BCUT2D eigenvalue weighted by Gasteiger charge is -2.13. The van der Waals surface area contributed by atoms with E-state index in [-0.39, 0.29) is 5.92 Å². The van der Waals surface area contributed by atoms with Gasteiger partial charge in [0.25, 0.3) is 5.56 Å². The maximum absolute atomic E-state index is 12.7. The molecule has 3 rings (SSSR count). The van der Waals surface area contributed by atoms with E-state index in [2.05, 4.69) is 36.3 Å². The number of hydrogen-bond donors (Lipinski definition) is 1. The summed E-state index contributed by atoms with van der Waals surface area (Å²) >= 11 is 3.36. The third-order valence-electron chi connectivity index (χ3n) is 3.99. The van der Waals surface area contributed by atoms with Crippen LogP contribution in [0.3, 0.4) is 0 Å². The number of benzene rings is 1. The summed E-state index contributed by atoms with van der Waals surface area (Å²) < 4.78 is 40.0. The Hall–Kier alpha value is -2.82. The number of fused-ring (bicyclic) bond motifs is 1. The van der Waals surface area contributed by atoms with Gasteiger partial charge in [-0.05, 0) is 30.2 Å². The fourth-order valence-corrected chi connectivity index (χ4v) is 3.06. The molecule has 3 aromatic rings. The van der Waals surface area contributed by atoms with Crippen molar-refractivity contribution in [3.05, 3.63) is 56.7 Å². The summed E-state index contributed by atoms with van der Waals surface area (Å²) in [6.45, 7) is 3.30. The van der Waals surface area contributed by atoms with Crippen LogP contribution in [0.2, 0.25) is 0 Å². The van der Waals surface area contributed by atoms with Crippen LogP contribution in [0.15, 0.2) is 39.7 Å². The Bertz CT molecular complexity index is 1140. The third-order valence-corrected chi connectivity index (χ3v) is 4.48. The highest BCUT2D eigenvalue weighted by molar-refractivity contribution is 9.10. The van der Waals surface area contributed by atoms with E-state index in [1.165, 1.54) is 0 Å². The van der Waals surface area contributed by atoms with Crippen LogP contribution in [-0.2, 0) is 17.5 Å². The predicted molar refractivity (Wildman–Crippen MR) is 103 cm³/mol. The molecule has 0 fully saturated rings. The molecule has 0 aliphatic heterocycles. The van der Waals surface area contributed by atoms with Gasteiger partial charge in [0.1, 0.15) is 12.2 Å². The van der Waals surface area contributed by atoms with Crippen LogP contribution in [0.5, 0.6) is 0 Å². The molecule has 0 saturated carbocycles. The van der Waals surface area contributed by atoms with Crippen molar-refractivity contribution in [2.24, 2.45) is 0 Å². The monoisotopic (exact) mass is 469 g/mol. The summed E-state index contributed by atoms with van der Waals surface area (Å²) in [7, 11) is 0. The van der Waals surface area contributed by atoms with Crippen molar-refractivity contribution in [1.29, 1.82) is 0 Å². The topological polar surface area (TPSA) is 89.8 Å². The molecule has 0 bridgehead atoms. The summed E-state index contributed by atoms with van der Waals surface area (Å²) in [6.07, 6.45) is -3.78. The summed E-state index contributed by atoms with van der Waals surface area (Å²) in [5.74, 6) is -1.31. The summed E-state index contributed by atoms with van der Waals surface area (Å²) in [5, 5.41) is 7.50. The normalized spacial score (nSPS) is 11.8. The first-order valence-corrected chi connectivity index (χ1v) is 9.26. The molecule has 0 spiro atoms. The molecule has 152 valence electrons. The molecule has 0 aliphatic carbocycles. The predicted octanol–water partition coefficient (Wildman–Crippen LogP) is 3.73. The van der Waals surface area contributed by atoms with Crippen molar-refractivity contribution in [1.82, 2.24) is 19.7 Å². The molecule has 0 aliphatic rings. The van der Waals surface area contributed by atoms with Gasteiger partial charge >= 0.3 is 6.18 Å². The largest absolute Gasteiger partial charge is 0.433 e. The number of amides is 1. The van der Waals surface area contributed by atoms with Crippen molar-refractivity contribution in [2.75, 3.05) is 5.32 Å². The lowest BCUT2D eigenvalue weighted by Crippen LogP contribution is -2.31. The Labute approximate surface area is 171 Å². The van der Waals surface area contributed by atoms with E-state index in [0.717, 1.165) is 15.4 Å². The molecule has 1 N–H and O–H groups in total. The van der Waals surface area contributed by atoms with Crippen LogP contribution in [-0.4, -0.2) is 25.7 Å². The van der Waals surface area contributed by atoms with Crippen molar-refractivity contribution in [3.63, 3.8) is 0 Å². The number of nitrogens with zero attached hydrogens (tertiary/aromatic N) is 4. The Balaban J connectivity index is 1.92. The Morgan fingerprint density at radius 3 is 2.62 bits per heavy atom. The lowest BCUT2D eigenvalue weighted by atomic mass is 10.0. The second-order valence-electron chi connectivity index (χ2n) is 6.50. The van der Waals surface area contributed by atoms with Crippen molar-refractivity contribution >= 4 is 38.6 Å². The van der Waals surface area contributed by atoms with E-state index >= 15 is 0 Å². The van der Waals surface area contributed by atoms with Crippen LogP contribution in [0.25, 0.3) is 10.8 Å². The van der Waals surface area contributed by atoms with E-state index in [9.17, 15) is 22.8 Å². The molecule has 0 atom stereocenters. The summed E-state index contributed by atoms with van der Waals surface area (Å²) in [4.78, 5) is 31.9. The van der Waals surface area contributed by atoms with Gasteiger partial charge in [-0.25, -0.2) is 14.6 Å².